The van der Waals surface area contributed by atoms with Gasteiger partial charge in [0.15, 0.2) is 5.96 Å². The van der Waals surface area contributed by atoms with Crippen molar-refractivity contribution in [3.8, 4) is 0 Å². The first kappa shape index (κ1) is 22.8. The van der Waals surface area contributed by atoms with Crippen molar-refractivity contribution < 1.29 is 5.11 Å². The van der Waals surface area contributed by atoms with E-state index in [-0.39, 0.29) is 30.5 Å². The van der Waals surface area contributed by atoms with Crippen molar-refractivity contribution in [3.63, 3.8) is 0 Å². The van der Waals surface area contributed by atoms with Gasteiger partial charge in [0.1, 0.15) is 0 Å². The van der Waals surface area contributed by atoms with E-state index in [1.165, 1.54) is 6.42 Å². The zero-order chi connectivity index (χ0) is 17.5. The Hall–Kier alpha value is -0.280. The minimum absolute atomic E-state index is 0. The third kappa shape index (κ3) is 7.86. The van der Waals surface area contributed by atoms with E-state index in [0.717, 1.165) is 32.1 Å². The predicted octanol–water partition coefficient (Wildman–Crippen LogP) is 3.15. The molecular weight excluding hydrogens is 474 g/mol. The topological polar surface area (TPSA) is 59.9 Å². The van der Waals surface area contributed by atoms with Crippen LogP contribution in [0.3, 0.4) is 0 Å². The van der Waals surface area contributed by atoms with Gasteiger partial charge in [0.05, 0.1) is 12.6 Å². The number of rotatable bonds is 6. The number of halogens is 3. The first-order valence-corrected chi connectivity index (χ1v) is 9.08. The van der Waals surface area contributed by atoms with Crippen molar-refractivity contribution in [3.05, 3.63) is 33.8 Å². The minimum Gasteiger partial charge on any atom is -0.386 e. The van der Waals surface area contributed by atoms with Gasteiger partial charge in [0.2, 0.25) is 0 Å². The number of nitrogens with one attached hydrogen (secondary N) is 2. The number of likely N-dealkylation sites (tertiary alicyclic amines) is 1. The molecule has 142 valence electrons. The van der Waals surface area contributed by atoms with Crippen LogP contribution in [-0.2, 0) is 0 Å². The molecule has 0 amide bonds. The Kier molecular flexibility index (Phi) is 10.4. The van der Waals surface area contributed by atoms with Gasteiger partial charge >= 0.3 is 0 Å². The van der Waals surface area contributed by atoms with Crippen LogP contribution in [0.1, 0.15) is 25.0 Å². The summed E-state index contributed by atoms with van der Waals surface area (Å²) in [6, 6.07) is 5.07. The maximum absolute atomic E-state index is 10.3. The number of hydrogen-bond acceptors (Lipinski definition) is 3. The smallest absolute Gasteiger partial charge is 0.191 e. The summed E-state index contributed by atoms with van der Waals surface area (Å²) in [4.78, 5) is 6.81. The van der Waals surface area contributed by atoms with Gasteiger partial charge in [0, 0.05) is 29.7 Å². The number of aliphatic imine (C=N–C) groups is 1. The molecule has 0 bridgehead atoms. The quantitative estimate of drug-likeness (QED) is 0.319. The molecular formula is C17H27Cl2IN4O. The van der Waals surface area contributed by atoms with E-state index in [1.807, 2.05) is 6.92 Å². The summed E-state index contributed by atoms with van der Waals surface area (Å²) in [7, 11) is 2.14. The van der Waals surface area contributed by atoms with Crippen LogP contribution in [0.5, 0.6) is 0 Å². The molecule has 1 aliphatic rings. The van der Waals surface area contributed by atoms with Gasteiger partial charge in [-0.1, -0.05) is 23.2 Å². The van der Waals surface area contributed by atoms with Gasteiger partial charge < -0.3 is 20.6 Å². The zero-order valence-electron chi connectivity index (χ0n) is 14.6. The first-order valence-electron chi connectivity index (χ1n) is 8.32. The molecule has 3 N–H and O–H groups in total. The van der Waals surface area contributed by atoms with Crippen LogP contribution >= 0.6 is 47.2 Å². The average Bonchev–Trinajstić information content (AvgIpc) is 2.94. The highest BCUT2D eigenvalue weighted by atomic mass is 127. The fraction of sp³-hybridized carbons (Fsp3) is 0.588. The van der Waals surface area contributed by atoms with Crippen LogP contribution in [-0.4, -0.2) is 55.7 Å². The molecule has 1 saturated heterocycles. The van der Waals surface area contributed by atoms with E-state index in [0.29, 0.717) is 21.5 Å². The fourth-order valence-electron chi connectivity index (χ4n) is 2.83. The molecule has 2 rings (SSSR count). The summed E-state index contributed by atoms with van der Waals surface area (Å²) in [5, 5.41) is 17.9. The minimum atomic E-state index is -0.741. The van der Waals surface area contributed by atoms with Gasteiger partial charge in [-0.25, -0.2) is 0 Å². The van der Waals surface area contributed by atoms with Crippen LogP contribution in [0.15, 0.2) is 23.2 Å². The van der Waals surface area contributed by atoms with Crippen LogP contribution in [0.2, 0.25) is 10.0 Å². The van der Waals surface area contributed by atoms with Crippen molar-refractivity contribution in [2.45, 2.75) is 19.4 Å². The molecule has 2 atom stereocenters. The highest BCUT2D eigenvalue weighted by Gasteiger charge is 2.19. The molecule has 0 radical (unpaired) electrons. The maximum Gasteiger partial charge on any atom is 0.191 e. The Bertz CT molecular complexity index is 553. The fourth-order valence-corrected chi connectivity index (χ4v) is 3.37. The number of benzene rings is 1. The van der Waals surface area contributed by atoms with Crippen LogP contribution in [0.4, 0.5) is 0 Å². The monoisotopic (exact) mass is 500 g/mol. The second-order valence-electron chi connectivity index (χ2n) is 6.24. The van der Waals surface area contributed by atoms with E-state index in [4.69, 9.17) is 23.2 Å². The third-order valence-corrected chi connectivity index (χ3v) is 4.52. The van der Waals surface area contributed by atoms with Crippen LogP contribution < -0.4 is 10.6 Å². The maximum atomic E-state index is 10.3. The molecule has 1 aliphatic heterocycles. The second kappa shape index (κ2) is 11.4. The molecule has 8 heteroatoms. The zero-order valence-corrected chi connectivity index (χ0v) is 18.5. The Morgan fingerprint density at radius 1 is 1.32 bits per heavy atom. The van der Waals surface area contributed by atoms with E-state index < -0.39 is 6.10 Å². The van der Waals surface area contributed by atoms with Crippen LogP contribution in [0, 0.1) is 5.92 Å². The Morgan fingerprint density at radius 3 is 2.56 bits per heavy atom. The van der Waals surface area contributed by atoms with Gasteiger partial charge in [-0.15, -0.1) is 24.0 Å². The Morgan fingerprint density at radius 2 is 2.00 bits per heavy atom. The predicted molar refractivity (Wildman–Crippen MR) is 116 cm³/mol. The number of aliphatic hydroxyl groups excluding tert-OH is 1. The second-order valence-corrected chi connectivity index (χ2v) is 7.11. The number of nitrogens with zero attached hydrogens (tertiary/aromatic N) is 2. The van der Waals surface area contributed by atoms with Crippen molar-refractivity contribution in [1.29, 1.82) is 0 Å². The summed E-state index contributed by atoms with van der Waals surface area (Å²) < 4.78 is 0. The largest absolute Gasteiger partial charge is 0.386 e. The van der Waals surface area contributed by atoms with Gasteiger partial charge in [0.25, 0.3) is 0 Å². The lowest BCUT2D eigenvalue weighted by atomic mass is 10.1. The molecule has 25 heavy (non-hydrogen) atoms. The lowest BCUT2D eigenvalue weighted by molar-refractivity contribution is 0.187. The standard InChI is InChI=1S/C17H26Cl2N4O.HI/c1-3-20-17(21-9-12-4-5-23(2)11-12)22-10-16(24)13-6-14(18)8-15(19)7-13;/h6-8,12,16,24H,3-5,9-11H2,1-2H3,(H2,20,21,22);1H. The molecule has 0 saturated carbocycles. The summed E-state index contributed by atoms with van der Waals surface area (Å²) in [6.07, 6.45) is 0.460. The average molecular weight is 501 g/mol. The van der Waals surface area contributed by atoms with Gasteiger partial charge in [-0.3, -0.25) is 4.99 Å². The Labute approximate surface area is 177 Å². The van der Waals surface area contributed by atoms with Crippen LogP contribution in [0.25, 0.3) is 0 Å². The third-order valence-electron chi connectivity index (χ3n) is 4.08. The van der Waals surface area contributed by atoms with Crippen molar-refractivity contribution in [2.75, 3.05) is 39.8 Å². The lowest BCUT2D eigenvalue weighted by Crippen LogP contribution is -2.40. The SMILES string of the molecule is CCNC(=NCC(O)c1cc(Cl)cc(Cl)c1)NCC1CCN(C)C1.I. The van der Waals surface area contributed by atoms with E-state index in [2.05, 4.69) is 27.6 Å². The number of guanidine groups is 1. The van der Waals surface area contributed by atoms with E-state index in [9.17, 15) is 5.11 Å². The van der Waals surface area contributed by atoms with Crippen molar-refractivity contribution in [1.82, 2.24) is 15.5 Å². The molecule has 1 aromatic rings. The molecule has 5 nitrogen and oxygen atoms in total. The highest BCUT2D eigenvalue weighted by molar-refractivity contribution is 14.0. The summed E-state index contributed by atoms with van der Waals surface area (Å²) in [5.41, 5.74) is 0.671. The molecule has 1 aromatic carbocycles. The lowest BCUT2D eigenvalue weighted by Gasteiger charge is -2.16. The molecule has 0 aliphatic carbocycles. The summed E-state index contributed by atoms with van der Waals surface area (Å²) in [6.45, 7) is 6.18. The molecule has 1 fully saturated rings. The highest BCUT2D eigenvalue weighted by Crippen LogP contribution is 2.23. The molecule has 2 unspecified atom stereocenters. The summed E-state index contributed by atoms with van der Waals surface area (Å²) >= 11 is 12.0. The summed E-state index contributed by atoms with van der Waals surface area (Å²) in [5.74, 6) is 1.36. The van der Waals surface area contributed by atoms with Crippen molar-refractivity contribution >= 4 is 53.1 Å². The molecule has 1 heterocycles. The first-order chi connectivity index (χ1) is 11.5. The Balaban J connectivity index is 0.00000312. The van der Waals surface area contributed by atoms with Gasteiger partial charge in [-0.05, 0) is 56.6 Å². The van der Waals surface area contributed by atoms with E-state index >= 15 is 0 Å². The van der Waals surface area contributed by atoms with E-state index in [1.54, 1.807) is 18.2 Å². The van der Waals surface area contributed by atoms with Crippen molar-refractivity contribution in [2.24, 2.45) is 10.9 Å². The number of hydrogen-bond donors (Lipinski definition) is 3. The molecule has 0 spiro atoms. The molecule has 0 aromatic heterocycles. The normalized spacial score (nSPS) is 19.4. The van der Waals surface area contributed by atoms with Gasteiger partial charge in [-0.2, -0.15) is 0 Å². The number of aliphatic hydroxyl groups is 1.